The number of nitrogens with one attached hydrogen (secondary N) is 2. The Balaban J connectivity index is 1.82. The number of methoxy groups -OCH3 is 1. The summed E-state index contributed by atoms with van der Waals surface area (Å²) in [5.74, 6) is 1.57. The molecule has 7 heteroatoms. The number of anilines is 4. The Kier molecular flexibility index (Phi) is 5.00. The number of aromatic nitrogens is 3. The highest BCUT2D eigenvalue weighted by molar-refractivity contribution is 6.31. The summed E-state index contributed by atoms with van der Waals surface area (Å²) in [5, 5.41) is 14.9. The summed E-state index contributed by atoms with van der Waals surface area (Å²) < 4.78 is 5.31. The van der Waals surface area contributed by atoms with Crippen molar-refractivity contribution in [1.29, 1.82) is 0 Å². The predicted molar refractivity (Wildman–Crippen MR) is 100 cm³/mol. The zero-order valence-electron chi connectivity index (χ0n) is 14.2. The molecule has 0 aliphatic rings. The first kappa shape index (κ1) is 17.0. The van der Waals surface area contributed by atoms with E-state index < -0.39 is 0 Å². The van der Waals surface area contributed by atoms with Crippen LogP contribution in [0.3, 0.4) is 0 Å². The van der Waals surface area contributed by atoms with E-state index in [9.17, 15) is 0 Å². The van der Waals surface area contributed by atoms with E-state index in [1.54, 1.807) is 31.5 Å². The van der Waals surface area contributed by atoms with Gasteiger partial charge in [-0.25, -0.2) is 0 Å². The van der Waals surface area contributed by atoms with Crippen molar-refractivity contribution in [2.45, 2.75) is 13.8 Å². The second kappa shape index (κ2) is 7.36. The SMILES string of the molecule is COc1ccc(Cl)cc1Nc1nncc(Nc2ccc(C)c(C)c2)n1. The highest BCUT2D eigenvalue weighted by atomic mass is 35.5. The van der Waals surface area contributed by atoms with Gasteiger partial charge >= 0.3 is 0 Å². The molecule has 6 nitrogen and oxygen atoms in total. The van der Waals surface area contributed by atoms with Crippen LogP contribution in [0.25, 0.3) is 0 Å². The lowest BCUT2D eigenvalue weighted by atomic mass is 10.1. The third kappa shape index (κ3) is 4.16. The van der Waals surface area contributed by atoms with Crippen LogP contribution in [0.15, 0.2) is 42.6 Å². The predicted octanol–water partition coefficient (Wildman–Crippen LogP) is 4.64. The van der Waals surface area contributed by atoms with Crippen LogP contribution in [0.4, 0.5) is 23.1 Å². The van der Waals surface area contributed by atoms with Crippen LogP contribution in [0.1, 0.15) is 11.1 Å². The molecule has 0 aliphatic carbocycles. The second-order valence-electron chi connectivity index (χ2n) is 5.56. The second-order valence-corrected chi connectivity index (χ2v) is 6.00. The number of rotatable bonds is 5. The number of benzene rings is 2. The third-order valence-corrected chi connectivity index (χ3v) is 3.98. The van der Waals surface area contributed by atoms with Crippen LogP contribution in [-0.4, -0.2) is 22.3 Å². The molecule has 3 aromatic rings. The quantitative estimate of drug-likeness (QED) is 0.694. The van der Waals surface area contributed by atoms with Gasteiger partial charge in [0.25, 0.3) is 0 Å². The van der Waals surface area contributed by atoms with Gasteiger partial charge in [-0.15, -0.1) is 5.10 Å². The molecule has 2 N–H and O–H groups in total. The van der Waals surface area contributed by atoms with E-state index in [1.165, 1.54) is 11.1 Å². The van der Waals surface area contributed by atoms with Gasteiger partial charge < -0.3 is 15.4 Å². The van der Waals surface area contributed by atoms with Crippen molar-refractivity contribution >= 4 is 34.7 Å². The molecule has 0 atom stereocenters. The lowest BCUT2D eigenvalue weighted by Crippen LogP contribution is -2.03. The number of aryl methyl sites for hydroxylation is 2. The van der Waals surface area contributed by atoms with E-state index >= 15 is 0 Å². The van der Waals surface area contributed by atoms with Crippen LogP contribution in [-0.2, 0) is 0 Å². The molecule has 0 aliphatic heterocycles. The van der Waals surface area contributed by atoms with E-state index in [0.29, 0.717) is 28.2 Å². The number of nitrogens with zero attached hydrogens (tertiary/aromatic N) is 3. The van der Waals surface area contributed by atoms with E-state index in [1.807, 2.05) is 6.07 Å². The maximum Gasteiger partial charge on any atom is 0.249 e. The van der Waals surface area contributed by atoms with Gasteiger partial charge in [0.2, 0.25) is 5.95 Å². The average molecular weight is 356 g/mol. The minimum atomic E-state index is 0.342. The van der Waals surface area contributed by atoms with Crippen LogP contribution in [0.5, 0.6) is 5.75 Å². The van der Waals surface area contributed by atoms with Crippen LogP contribution < -0.4 is 15.4 Å². The zero-order chi connectivity index (χ0) is 17.8. The van der Waals surface area contributed by atoms with Crippen LogP contribution in [0, 0.1) is 13.8 Å². The van der Waals surface area contributed by atoms with E-state index in [4.69, 9.17) is 16.3 Å². The minimum absolute atomic E-state index is 0.342. The Morgan fingerprint density at radius 3 is 2.60 bits per heavy atom. The first-order chi connectivity index (χ1) is 12.0. The van der Waals surface area contributed by atoms with Crippen molar-refractivity contribution in [3.8, 4) is 5.75 Å². The molecular weight excluding hydrogens is 338 g/mol. The van der Waals surface area contributed by atoms with E-state index in [2.05, 4.69) is 51.8 Å². The van der Waals surface area contributed by atoms with E-state index in [0.717, 1.165) is 5.69 Å². The molecule has 0 bridgehead atoms. The Morgan fingerprint density at radius 1 is 1.00 bits per heavy atom. The van der Waals surface area contributed by atoms with Crippen LogP contribution in [0.2, 0.25) is 5.02 Å². The van der Waals surface area contributed by atoms with Crippen molar-refractivity contribution in [2.24, 2.45) is 0 Å². The molecule has 0 spiro atoms. The van der Waals surface area contributed by atoms with Gasteiger partial charge in [-0.3, -0.25) is 0 Å². The molecule has 128 valence electrons. The zero-order valence-corrected chi connectivity index (χ0v) is 14.9. The molecule has 0 radical (unpaired) electrons. The van der Waals surface area contributed by atoms with Crippen molar-refractivity contribution in [3.05, 3.63) is 58.7 Å². The molecule has 0 saturated carbocycles. The Morgan fingerprint density at radius 2 is 1.84 bits per heavy atom. The maximum absolute atomic E-state index is 6.04. The summed E-state index contributed by atoms with van der Waals surface area (Å²) in [6.07, 6.45) is 1.57. The number of ether oxygens (including phenoxy) is 1. The minimum Gasteiger partial charge on any atom is -0.495 e. The van der Waals surface area contributed by atoms with Gasteiger partial charge in [-0.1, -0.05) is 17.7 Å². The molecular formula is C18H18ClN5O. The maximum atomic E-state index is 6.04. The van der Waals surface area contributed by atoms with Crippen molar-refractivity contribution in [3.63, 3.8) is 0 Å². The normalized spacial score (nSPS) is 10.4. The average Bonchev–Trinajstić information content (AvgIpc) is 2.59. The van der Waals surface area contributed by atoms with E-state index in [-0.39, 0.29) is 0 Å². The fourth-order valence-electron chi connectivity index (χ4n) is 2.28. The van der Waals surface area contributed by atoms with Gasteiger partial charge in [0, 0.05) is 10.7 Å². The smallest absolute Gasteiger partial charge is 0.249 e. The fraction of sp³-hybridized carbons (Fsp3) is 0.167. The summed E-state index contributed by atoms with van der Waals surface area (Å²) >= 11 is 6.04. The van der Waals surface area contributed by atoms with Gasteiger partial charge in [-0.05, 0) is 55.3 Å². The largest absolute Gasteiger partial charge is 0.495 e. The number of hydrogen-bond acceptors (Lipinski definition) is 6. The molecule has 25 heavy (non-hydrogen) atoms. The fourth-order valence-corrected chi connectivity index (χ4v) is 2.45. The number of hydrogen-bond donors (Lipinski definition) is 2. The molecule has 1 heterocycles. The Hall–Kier alpha value is -2.86. The van der Waals surface area contributed by atoms with Crippen molar-refractivity contribution in [1.82, 2.24) is 15.2 Å². The van der Waals surface area contributed by atoms with Crippen molar-refractivity contribution < 1.29 is 4.74 Å². The molecule has 0 unspecified atom stereocenters. The summed E-state index contributed by atoms with van der Waals surface area (Å²) in [6, 6.07) is 11.4. The highest BCUT2D eigenvalue weighted by Crippen LogP contribution is 2.29. The first-order valence-corrected chi connectivity index (χ1v) is 8.07. The molecule has 0 fully saturated rings. The number of halogens is 1. The summed E-state index contributed by atoms with van der Waals surface area (Å²) in [5.41, 5.74) is 4.05. The lowest BCUT2D eigenvalue weighted by molar-refractivity contribution is 0.417. The molecule has 0 saturated heterocycles. The van der Waals surface area contributed by atoms with Crippen LogP contribution >= 0.6 is 11.6 Å². The van der Waals surface area contributed by atoms with Crippen molar-refractivity contribution in [2.75, 3.05) is 17.7 Å². The molecule has 3 rings (SSSR count). The Bertz CT molecular complexity index is 900. The monoisotopic (exact) mass is 355 g/mol. The Labute approximate surface area is 151 Å². The molecule has 2 aromatic carbocycles. The third-order valence-electron chi connectivity index (χ3n) is 3.75. The first-order valence-electron chi connectivity index (χ1n) is 7.70. The lowest BCUT2D eigenvalue weighted by Gasteiger charge is -2.11. The summed E-state index contributed by atoms with van der Waals surface area (Å²) in [7, 11) is 1.59. The summed E-state index contributed by atoms with van der Waals surface area (Å²) in [4.78, 5) is 4.43. The van der Waals surface area contributed by atoms with Gasteiger partial charge in [0.1, 0.15) is 5.75 Å². The standard InChI is InChI=1S/C18H18ClN5O/c1-11-4-6-14(8-12(11)2)21-17-10-20-24-18(23-17)22-15-9-13(19)5-7-16(15)25-3/h4-10H,1-3H3,(H2,21,22,23,24). The van der Waals surface area contributed by atoms with Gasteiger partial charge in [0.05, 0.1) is 19.0 Å². The molecule has 1 aromatic heterocycles. The molecule has 0 amide bonds. The van der Waals surface area contributed by atoms with Gasteiger partial charge in [-0.2, -0.15) is 10.1 Å². The highest BCUT2D eigenvalue weighted by Gasteiger charge is 2.08. The summed E-state index contributed by atoms with van der Waals surface area (Å²) in [6.45, 7) is 4.14. The van der Waals surface area contributed by atoms with Gasteiger partial charge in [0.15, 0.2) is 5.82 Å². The topological polar surface area (TPSA) is 72.0 Å².